The first kappa shape index (κ1) is 33.6. The molecule has 2 heterocycles. The number of hydrogen-bond acceptors (Lipinski definition) is 9. The molecule has 2 aromatic carbocycles. The number of halogens is 3. The van der Waals surface area contributed by atoms with Gasteiger partial charge in [0, 0.05) is 49.3 Å². The smallest absolute Gasteiger partial charge is 0.371 e. The number of nitrogens with zero attached hydrogens (tertiary/aromatic N) is 4. The van der Waals surface area contributed by atoms with Crippen LogP contribution in [0.15, 0.2) is 71.9 Å². The summed E-state index contributed by atoms with van der Waals surface area (Å²) >= 11 is 0. The summed E-state index contributed by atoms with van der Waals surface area (Å²) in [6.07, 6.45) is -0.674. The molecule has 242 valence electrons. The number of sulfonamides is 1. The zero-order valence-corrected chi connectivity index (χ0v) is 25.9. The van der Waals surface area contributed by atoms with Crippen molar-refractivity contribution in [3.63, 3.8) is 0 Å². The normalized spacial score (nSPS) is 14.7. The molecule has 1 fully saturated rings. The number of rotatable bonds is 10. The molecule has 2 N–H and O–H groups in total. The molecule has 0 saturated carbocycles. The zero-order chi connectivity index (χ0) is 32.8. The minimum atomic E-state index is -4.69. The van der Waals surface area contributed by atoms with Crippen molar-refractivity contribution in [1.82, 2.24) is 19.8 Å². The minimum absolute atomic E-state index is 0.0360. The minimum Gasteiger partial charge on any atom is -0.371 e. The van der Waals surface area contributed by atoms with E-state index >= 15 is 0 Å². The summed E-state index contributed by atoms with van der Waals surface area (Å²) in [4.78, 5) is 40.8. The molecule has 45 heavy (non-hydrogen) atoms. The number of amides is 1. The number of aromatic nitrogens is 2. The van der Waals surface area contributed by atoms with Crippen molar-refractivity contribution in [3.8, 4) is 0 Å². The molecule has 0 bridgehead atoms. The van der Waals surface area contributed by atoms with E-state index < -0.39 is 45.6 Å². The Bertz CT molecular complexity index is 1580. The Labute approximate surface area is 259 Å². The highest BCUT2D eigenvalue weighted by molar-refractivity contribution is 7.89. The Morgan fingerprint density at radius 3 is 2.24 bits per heavy atom. The highest BCUT2D eigenvalue weighted by Crippen LogP contribution is 2.34. The fourth-order valence-electron chi connectivity index (χ4n) is 4.68. The van der Waals surface area contributed by atoms with Crippen LogP contribution in [-0.4, -0.2) is 65.9 Å². The second-order valence-corrected chi connectivity index (χ2v) is 13.2. The number of benzene rings is 2. The van der Waals surface area contributed by atoms with Gasteiger partial charge in [0.05, 0.1) is 22.4 Å². The average Bonchev–Trinajstić information content (AvgIpc) is 3.00. The van der Waals surface area contributed by atoms with E-state index in [0.29, 0.717) is 36.3 Å². The summed E-state index contributed by atoms with van der Waals surface area (Å²) in [7, 11) is -4.21. The third-order valence-electron chi connectivity index (χ3n) is 6.87. The van der Waals surface area contributed by atoms with Gasteiger partial charge >= 0.3 is 12.1 Å². The number of nitrogens with one attached hydrogen (secondary N) is 2. The third kappa shape index (κ3) is 8.91. The molecule has 0 unspecified atom stereocenters. The lowest BCUT2D eigenvalue weighted by atomic mass is 10.0. The van der Waals surface area contributed by atoms with Crippen LogP contribution in [0.25, 0.3) is 0 Å². The van der Waals surface area contributed by atoms with Gasteiger partial charge in [0.25, 0.3) is 15.9 Å². The molecule has 1 saturated heterocycles. The molecule has 0 atom stereocenters. The molecular formula is C30H35F3N6O5S. The number of carbonyl (C=O) groups excluding carboxylic acids is 2. The van der Waals surface area contributed by atoms with E-state index in [9.17, 15) is 31.2 Å². The van der Waals surface area contributed by atoms with Gasteiger partial charge in [-0.25, -0.2) is 18.4 Å². The summed E-state index contributed by atoms with van der Waals surface area (Å²) in [5.74, 6) is -1.30. The maximum Gasteiger partial charge on any atom is 0.416 e. The van der Waals surface area contributed by atoms with Gasteiger partial charge in [-0.15, -0.1) is 0 Å². The maximum absolute atomic E-state index is 13.8. The summed E-state index contributed by atoms with van der Waals surface area (Å²) in [5, 5.41) is 5.66. The summed E-state index contributed by atoms with van der Waals surface area (Å²) in [6.45, 7) is 5.22. The quantitative estimate of drug-likeness (QED) is 0.302. The SMILES string of the molecule is CC(C)(C)N(OC(=O)CCNC(=O)c1cc(N2CCC(Nc3ncccn3)CC2)cc(C(F)(F)F)c1)S(=O)(=O)c1ccccc1. The Hall–Kier alpha value is -4.24. The molecule has 0 radical (unpaired) electrons. The summed E-state index contributed by atoms with van der Waals surface area (Å²) < 4.78 is 68.2. The van der Waals surface area contributed by atoms with Crippen LogP contribution in [-0.2, 0) is 25.8 Å². The second kappa shape index (κ2) is 13.8. The van der Waals surface area contributed by atoms with Gasteiger partial charge in [0.2, 0.25) is 5.95 Å². The molecule has 1 amide bonds. The van der Waals surface area contributed by atoms with E-state index in [1.165, 1.54) is 30.3 Å². The van der Waals surface area contributed by atoms with E-state index in [0.717, 1.165) is 12.1 Å². The Morgan fingerprint density at radius 2 is 1.64 bits per heavy atom. The van der Waals surface area contributed by atoms with E-state index in [-0.39, 0.29) is 28.7 Å². The molecule has 3 aromatic rings. The Morgan fingerprint density at radius 1 is 1.00 bits per heavy atom. The average molecular weight is 649 g/mol. The first-order chi connectivity index (χ1) is 21.1. The summed E-state index contributed by atoms with van der Waals surface area (Å²) in [6, 6.07) is 12.3. The van der Waals surface area contributed by atoms with Crippen molar-refractivity contribution in [1.29, 1.82) is 0 Å². The van der Waals surface area contributed by atoms with Crippen LogP contribution in [0.1, 0.15) is 56.0 Å². The first-order valence-electron chi connectivity index (χ1n) is 14.2. The van der Waals surface area contributed by atoms with E-state index in [1.54, 1.807) is 50.2 Å². The lowest BCUT2D eigenvalue weighted by molar-refractivity contribution is -0.182. The van der Waals surface area contributed by atoms with Crippen molar-refractivity contribution in [2.24, 2.45) is 0 Å². The van der Waals surface area contributed by atoms with Crippen LogP contribution in [0.3, 0.4) is 0 Å². The highest BCUT2D eigenvalue weighted by atomic mass is 32.2. The topological polar surface area (TPSA) is 134 Å². The van der Waals surface area contributed by atoms with Crippen LogP contribution in [0.4, 0.5) is 24.8 Å². The predicted octanol–water partition coefficient (Wildman–Crippen LogP) is 4.64. The standard InChI is InChI=1S/C30H35F3N6O5S/c1-29(2,3)39(45(42,43)25-8-5-4-6-9-25)44-26(40)10-15-34-27(41)21-18-22(30(31,32)33)20-24(19-21)38-16-11-23(12-17-38)37-28-35-13-7-14-36-28/h4-9,13-14,18-20,23H,10-12,15-17H2,1-3H3,(H,34,41)(H,35,36,37). The molecule has 11 nitrogen and oxygen atoms in total. The van der Waals surface area contributed by atoms with Gasteiger partial charge in [0.1, 0.15) is 0 Å². The molecule has 1 aliphatic heterocycles. The van der Waals surface area contributed by atoms with Crippen LogP contribution in [0.5, 0.6) is 0 Å². The Balaban J connectivity index is 1.39. The van der Waals surface area contributed by atoms with Crippen molar-refractivity contribution in [3.05, 3.63) is 78.1 Å². The molecule has 0 aliphatic carbocycles. The van der Waals surface area contributed by atoms with Crippen molar-refractivity contribution >= 4 is 33.5 Å². The van der Waals surface area contributed by atoms with Gasteiger partial charge in [-0.05, 0) is 74.5 Å². The fraction of sp³-hybridized carbons (Fsp3) is 0.400. The number of alkyl halides is 3. The lowest BCUT2D eigenvalue weighted by Crippen LogP contribution is -2.46. The number of hydroxylamine groups is 1. The summed E-state index contributed by atoms with van der Waals surface area (Å²) in [5.41, 5.74) is -2.10. The van der Waals surface area contributed by atoms with Crippen molar-refractivity contribution < 1.29 is 36.0 Å². The van der Waals surface area contributed by atoms with Crippen LogP contribution in [0, 0.1) is 0 Å². The second-order valence-electron chi connectivity index (χ2n) is 11.4. The molecule has 1 aromatic heterocycles. The van der Waals surface area contributed by atoms with Crippen LogP contribution in [0.2, 0.25) is 0 Å². The van der Waals surface area contributed by atoms with Crippen molar-refractivity contribution in [2.75, 3.05) is 29.9 Å². The Kier molecular flexibility index (Phi) is 10.3. The molecule has 0 spiro atoms. The molecular weight excluding hydrogens is 613 g/mol. The maximum atomic E-state index is 13.8. The number of hydrogen-bond donors (Lipinski definition) is 2. The predicted molar refractivity (Wildman–Crippen MR) is 161 cm³/mol. The zero-order valence-electron chi connectivity index (χ0n) is 25.0. The molecule has 15 heteroatoms. The van der Waals surface area contributed by atoms with E-state index in [1.807, 2.05) is 0 Å². The fourth-order valence-corrected chi connectivity index (χ4v) is 6.27. The van der Waals surface area contributed by atoms with Gasteiger partial charge in [-0.2, -0.15) is 13.2 Å². The van der Waals surface area contributed by atoms with Crippen LogP contribution < -0.4 is 15.5 Å². The largest absolute Gasteiger partial charge is 0.416 e. The van der Waals surface area contributed by atoms with E-state index in [2.05, 4.69) is 20.6 Å². The van der Waals surface area contributed by atoms with E-state index in [4.69, 9.17) is 4.84 Å². The number of anilines is 2. The van der Waals surface area contributed by atoms with Crippen molar-refractivity contribution in [2.45, 2.75) is 62.7 Å². The third-order valence-corrected chi connectivity index (χ3v) is 8.80. The van der Waals surface area contributed by atoms with Crippen LogP contribution >= 0.6 is 0 Å². The van der Waals surface area contributed by atoms with Gasteiger partial charge < -0.3 is 20.4 Å². The monoisotopic (exact) mass is 648 g/mol. The lowest BCUT2D eigenvalue weighted by Gasteiger charge is -2.34. The number of carbonyl (C=O) groups is 2. The number of piperidine rings is 1. The highest BCUT2D eigenvalue weighted by Gasteiger charge is 2.38. The van der Waals surface area contributed by atoms with Gasteiger partial charge in [-0.1, -0.05) is 18.2 Å². The van der Waals surface area contributed by atoms with Gasteiger partial charge in [0.15, 0.2) is 0 Å². The first-order valence-corrected chi connectivity index (χ1v) is 15.7. The molecule has 4 rings (SSSR count). The molecule has 1 aliphatic rings. The van der Waals surface area contributed by atoms with Gasteiger partial charge in [-0.3, -0.25) is 9.59 Å².